The minimum absolute atomic E-state index is 0.0421. The quantitative estimate of drug-likeness (QED) is 0.232. The highest BCUT2D eigenvalue weighted by Crippen LogP contribution is 2.32. The molecule has 41 heavy (non-hydrogen) atoms. The highest BCUT2D eigenvalue weighted by atomic mass is 32.2. The van der Waals surface area contributed by atoms with E-state index in [1.54, 1.807) is 19.2 Å². The lowest BCUT2D eigenvalue weighted by atomic mass is 10.0. The molecule has 0 radical (unpaired) electrons. The van der Waals surface area contributed by atoms with Crippen molar-refractivity contribution in [3.05, 3.63) is 54.2 Å². The molecule has 0 saturated carbocycles. The number of rotatable bonds is 8. The molecule has 0 aliphatic carbocycles. The molecule has 1 aliphatic heterocycles. The Balaban J connectivity index is 1.49. The van der Waals surface area contributed by atoms with Crippen LogP contribution in [0.25, 0.3) is 10.9 Å². The summed E-state index contributed by atoms with van der Waals surface area (Å²) in [5.41, 5.74) is 4.73. The van der Waals surface area contributed by atoms with Gasteiger partial charge in [-0.05, 0) is 49.9 Å². The topological polar surface area (TPSA) is 125 Å². The molecular formula is C26H30F4N6O4S. The highest BCUT2D eigenvalue weighted by Gasteiger charge is 2.32. The van der Waals surface area contributed by atoms with E-state index in [1.807, 2.05) is 4.90 Å². The van der Waals surface area contributed by atoms with Crippen molar-refractivity contribution in [2.45, 2.75) is 36.3 Å². The molecule has 4 N–H and O–H groups in total. The number of halogens is 4. The number of likely N-dealkylation sites (tertiary alicyclic amines) is 1. The number of benzene rings is 2. The monoisotopic (exact) mass is 598 g/mol. The zero-order valence-corrected chi connectivity index (χ0v) is 23.1. The predicted molar refractivity (Wildman–Crippen MR) is 146 cm³/mol. The lowest BCUT2D eigenvalue weighted by molar-refractivity contribution is -0.140. The summed E-state index contributed by atoms with van der Waals surface area (Å²) in [5, 5.41) is 6.10. The van der Waals surface area contributed by atoms with E-state index in [9.17, 15) is 35.6 Å². The first kappa shape index (κ1) is 30.1. The highest BCUT2D eigenvalue weighted by molar-refractivity contribution is 7.90. The third kappa shape index (κ3) is 7.67. The molecule has 3 aromatic rings. The van der Waals surface area contributed by atoms with Gasteiger partial charge in [0.2, 0.25) is 0 Å². The summed E-state index contributed by atoms with van der Waals surface area (Å²) in [5.74, 6) is -1.73. The van der Waals surface area contributed by atoms with Gasteiger partial charge in [0, 0.05) is 36.1 Å². The zero-order chi connectivity index (χ0) is 29.9. The van der Waals surface area contributed by atoms with E-state index >= 15 is 0 Å². The van der Waals surface area contributed by atoms with Gasteiger partial charge in [0.15, 0.2) is 9.84 Å². The summed E-state index contributed by atoms with van der Waals surface area (Å²) in [6.07, 6.45) is -4.32. The number of alkyl halides is 4. The van der Waals surface area contributed by atoms with E-state index in [2.05, 4.69) is 21.5 Å². The third-order valence-corrected chi connectivity index (χ3v) is 7.74. The fourth-order valence-corrected chi connectivity index (χ4v) is 5.29. The number of amides is 2. The normalized spacial score (nSPS) is 18.2. The van der Waals surface area contributed by atoms with Crippen molar-refractivity contribution in [3.63, 3.8) is 0 Å². The van der Waals surface area contributed by atoms with E-state index in [0.717, 1.165) is 10.8 Å². The average molecular weight is 599 g/mol. The molecule has 15 heteroatoms. The molecule has 2 heterocycles. The molecular weight excluding hydrogens is 568 g/mol. The number of nitrogens with one attached hydrogen (secondary N) is 4. The maximum Gasteiger partial charge on any atom is 0.406 e. The molecule has 10 nitrogen and oxygen atoms in total. The average Bonchev–Trinajstić information content (AvgIpc) is 3.25. The first-order valence-corrected chi connectivity index (χ1v) is 14.5. The van der Waals surface area contributed by atoms with Crippen molar-refractivity contribution in [3.8, 4) is 0 Å². The van der Waals surface area contributed by atoms with Crippen molar-refractivity contribution in [1.29, 1.82) is 0 Å². The zero-order valence-electron chi connectivity index (χ0n) is 22.3. The summed E-state index contributed by atoms with van der Waals surface area (Å²) in [6.45, 7) is -0.967. The molecule has 0 unspecified atom stereocenters. The molecule has 2 aromatic carbocycles. The molecule has 0 spiro atoms. The number of piperidine rings is 1. The van der Waals surface area contributed by atoms with Crippen molar-refractivity contribution >= 4 is 43.9 Å². The van der Waals surface area contributed by atoms with E-state index in [1.165, 1.54) is 36.4 Å². The number of aromatic nitrogens is 1. The third-order valence-electron chi connectivity index (χ3n) is 6.63. The largest absolute Gasteiger partial charge is 0.406 e. The molecule has 222 valence electrons. The first-order chi connectivity index (χ1) is 19.2. The minimum atomic E-state index is -4.66. The van der Waals surface area contributed by atoms with E-state index < -0.39 is 46.6 Å². The van der Waals surface area contributed by atoms with Gasteiger partial charge in [-0.2, -0.15) is 13.2 Å². The minimum Gasteiger partial charge on any atom is -0.379 e. The number of sulfone groups is 1. The number of fused-ring (bicyclic) bond motifs is 1. The van der Waals surface area contributed by atoms with Crippen LogP contribution in [0, 0.1) is 0 Å². The number of carbonyl (C=O) groups is 2. The molecule has 1 fully saturated rings. The van der Waals surface area contributed by atoms with Gasteiger partial charge in [-0.25, -0.2) is 12.8 Å². The molecule has 2 atom stereocenters. The van der Waals surface area contributed by atoms with Crippen LogP contribution in [0.2, 0.25) is 0 Å². The second kappa shape index (κ2) is 11.9. The molecule has 2 amide bonds. The fraction of sp³-hybridized carbons (Fsp3) is 0.385. The Morgan fingerprint density at radius 2 is 1.80 bits per heavy atom. The maximum atomic E-state index is 14.6. The molecule has 1 aliphatic rings. The number of hydrogen-bond acceptors (Lipinski definition) is 7. The number of nitrogens with zero attached hydrogens (tertiary/aromatic N) is 2. The summed E-state index contributed by atoms with van der Waals surface area (Å²) in [4.78, 5) is 27.2. The van der Waals surface area contributed by atoms with Crippen LogP contribution in [-0.4, -0.2) is 81.0 Å². The number of hydrogen-bond donors (Lipinski definition) is 4. The van der Waals surface area contributed by atoms with E-state index in [0.29, 0.717) is 29.7 Å². The van der Waals surface area contributed by atoms with Crippen molar-refractivity contribution < 1.29 is 35.6 Å². The number of carbonyl (C=O) groups excluding carboxylic acids is 2. The Morgan fingerprint density at radius 3 is 2.49 bits per heavy atom. The lowest BCUT2D eigenvalue weighted by Gasteiger charge is -2.33. The van der Waals surface area contributed by atoms with Gasteiger partial charge >= 0.3 is 6.18 Å². The summed E-state index contributed by atoms with van der Waals surface area (Å²) in [6, 6.07) is 11.0. The lowest BCUT2D eigenvalue weighted by Crippen LogP contribution is -2.46. The van der Waals surface area contributed by atoms with Gasteiger partial charge in [-0.1, -0.05) is 12.1 Å². The molecule has 0 bridgehead atoms. The Bertz CT molecular complexity index is 1540. The SMILES string of the molecule is CN1CC[C@@H](Nc2cccc3c2cc(C(=O)NNC(=O)CNc2cccc(S(C)(=O)=O)c2)n3CC(F)(F)F)[C@@H](F)C1. The van der Waals surface area contributed by atoms with E-state index in [4.69, 9.17) is 0 Å². The van der Waals surface area contributed by atoms with Crippen LogP contribution in [0.4, 0.5) is 28.9 Å². The fourth-order valence-electron chi connectivity index (χ4n) is 4.62. The smallest absolute Gasteiger partial charge is 0.379 e. The second-order valence-corrected chi connectivity index (χ2v) is 12.0. The van der Waals surface area contributed by atoms with Crippen molar-refractivity contribution in [1.82, 2.24) is 20.3 Å². The van der Waals surface area contributed by atoms with Crippen LogP contribution in [0.1, 0.15) is 16.9 Å². The van der Waals surface area contributed by atoms with Crippen molar-refractivity contribution in [2.75, 3.05) is 43.6 Å². The predicted octanol–water partition coefficient (Wildman–Crippen LogP) is 2.93. The standard InChI is InChI=1S/C26H30F4N6O4S/c1-35-10-9-21(19(27)14-35)32-20-7-4-8-22-18(20)12-23(36(22)15-26(28,29)30)25(38)34-33-24(37)13-31-16-5-3-6-17(11-16)41(2,39)40/h3-8,11-12,19,21,31-32H,9-10,13-15H2,1-2H3,(H,33,37)(H,34,38)/t19-,21+/m0/s1. The van der Waals surface area contributed by atoms with Gasteiger partial charge < -0.3 is 20.1 Å². The number of anilines is 2. The second-order valence-electron chi connectivity index (χ2n) is 9.94. The number of hydrazine groups is 1. The Hall–Kier alpha value is -3.85. The Morgan fingerprint density at radius 1 is 1.07 bits per heavy atom. The first-order valence-electron chi connectivity index (χ1n) is 12.6. The Labute approximate surface area is 234 Å². The Kier molecular flexibility index (Phi) is 8.77. The maximum absolute atomic E-state index is 14.6. The van der Waals surface area contributed by atoms with Crippen molar-refractivity contribution in [2.24, 2.45) is 0 Å². The van der Waals surface area contributed by atoms with Crippen LogP contribution < -0.4 is 21.5 Å². The molecule has 4 rings (SSSR count). The van der Waals surface area contributed by atoms with Crippen LogP contribution in [0.3, 0.4) is 0 Å². The molecule has 1 saturated heterocycles. The van der Waals surface area contributed by atoms with Gasteiger partial charge in [0.05, 0.1) is 23.0 Å². The molecule has 1 aromatic heterocycles. The summed E-state index contributed by atoms with van der Waals surface area (Å²) >= 11 is 0. The summed E-state index contributed by atoms with van der Waals surface area (Å²) in [7, 11) is -1.66. The van der Waals surface area contributed by atoms with Crippen LogP contribution in [-0.2, 0) is 21.2 Å². The van der Waals surface area contributed by atoms with Crippen LogP contribution >= 0.6 is 0 Å². The van der Waals surface area contributed by atoms with E-state index in [-0.39, 0.29) is 29.2 Å². The summed E-state index contributed by atoms with van der Waals surface area (Å²) < 4.78 is 79.3. The van der Waals surface area contributed by atoms with Gasteiger partial charge in [-0.3, -0.25) is 20.4 Å². The van der Waals surface area contributed by atoms with Gasteiger partial charge in [-0.15, -0.1) is 0 Å². The van der Waals surface area contributed by atoms with Crippen LogP contribution in [0.15, 0.2) is 53.4 Å². The van der Waals surface area contributed by atoms with Gasteiger partial charge in [0.25, 0.3) is 11.8 Å². The van der Waals surface area contributed by atoms with Gasteiger partial charge in [0.1, 0.15) is 18.4 Å². The van der Waals surface area contributed by atoms with Crippen LogP contribution in [0.5, 0.6) is 0 Å².